The highest BCUT2D eigenvalue weighted by atomic mass is 16.1. The normalized spacial score (nSPS) is 10.5. The van der Waals surface area contributed by atoms with E-state index < -0.39 is 0 Å². The Balaban J connectivity index is 1.68. The van der Waals surface area contributed by atoms with Crippen molar-refractivity contribution in [3.8, 4) is 0 Å². The zero-order valence-corrected chi connectivity index (χ0v) is 13.3. The summed E-state index contributed by atoms with van der Waals surface area (Å²) in [4.78, 5) is 12.4. The van der Waals surface area contributed by atoms with Crippen LogP contribution in [0.3, 0.4) is 0 Å². The van der Waals surface area contributed by atoms with Crippen molar-refractivity contribution in [3.63, 3.8) is 0 Å². The van der Waals surface area contributed by atoms with Crippen molar-refractivity contribution in [1.82, 2.24) is 0 Å². The van der Waals surface area contributed by atoms with Crippen molar-refractivity contribution in [2.45, 2.75) is 19.9 Å². The number of pyridine rings is 1. The van der Waals surface area contributed by atoms with Crippen LogP contribution < -0.4 is 4.57 Å². The van der Waals surface area contributed by atoms with Crippen LogP contribution in [-0.4, -0.2) is 5.78 Å². The maximum Gasteiger partial charge on any atom is 0.227 e. The molecular formula is C21H20NO+. The van der Waals surface area contributed by atoms with Crippen molar-refractivity contribution in [1.29, 1.82) is 0 Å². The number of carbonyl (C=O) groups is 1. The van der Waals surface area contributed by atoms with Gasteiger partial charge in [-0.1, -0.05) is 54.6 Å². The molecule has 0 fully saturated rings. The van der Waals surface area contributed by atoms with E-state index in [0.29, 0.717) is 6.54 Å². The molecule has 0 saturated carbocycles. The maximum atomic E-state index is 12.4. The monoisotopic (exact) mass is 302 g/mol. The van der Waals surface area contributed by atoms with Crippen LogP contribution in [0.2, 0.25) is 0 Å². The molecule has 3 aromatic rings. The highest BCUT2D eigenvalue weighted by molar-refractivity contribution is 5.96. The number of carbonyl (C=O) groups excluding carboxylic acids is 1. The van der Waals surface area contributed by atoms with Gasteiger partial charge in [0.15, 0.2) is 12.4 Å². The van der Waals surface area contributed by atoms with Crippen LogP contribution in [0.4, 0.5) is 0 Å². The van der Waals surface area contributed by atoms with E-state index in [9.17, 15) is 4.79 Å². The molecule has 1 heterocycles. The lowest BCUT2D eigenvalue weighted by Gasteiger charge is -2.03. The van der Waals surface area contributed by atoms with E-state index in [1.165, 1.54) is 11.1 Å². The number of nitrogens with zero attached hydrogens (tertiary/aromatic N) is 1. The van der Waals surface area contributed by atoms with Gasteiger partial charge < -0.3 is 0 Å². The molecule has 0 aliphatic carbocycles. The Bertz CT molecular complexity index is 792. The van der Waals surface area contributed by atoms with Gasteiger partial charge in [-0.25, -0.2) is 0 Å². The van der Waals surface area contributed by atoms with Crippen molar-refractivity contribution < 1.29 is 9.36 Å². The Hall–Kier alpha value is -2.74. The maximum absolute atomic E-state index is 12.4. The SMILES string of the molecule is Cc1ccccc1C(=O)C[n+]1ccc(Cc2ccccc2)cc1. The molecule has 0 N–H and O–H groups in total. The van der Waals surface area contributed by atoms with Crippen molar-refractivity contribution in [3.05, 3.63) is 101 Å². The molecule has 2 heteroatoms. The first kappa shape index (κ1) is 15.2. The van der Waals surface area contributed by atoms with E-state index in [4.69, 9.17) is 0 Å². The third kappa shape index (κ3) is 3.92. The Morgan fingerprint density at radius 2 is 1.43 bits per heavy atom. The van der Waals surface area contributed by atoms with Gasteiger partial charge in [-0.15, -0.1) is 0 Å². The van der Waals surface area contributed by atoms with Crippen LogP contribution in [0.5, 0.6) is 0 Å². The van der Waals surface area contributed by atoms with Crippen molar-refractivity contribution in [2.75, 3.05) is 0 Å². The minimum absolute atomic E-state index is 0.143. The molecule has 2 aromatic carbocycles. The van der Waals surface area contributed by atoms with E-state index in [1.54, 1.807) is 0 Å². The molecule has 0 bridgehead atoms. The summed E-state index contributed by atoms with van der Waals surface area (Å²) in [5.41, 5.74) is 4.36. The van der Waals surface area contributed by atoms with Crippen molar-refractivity contribution >= 4 is 5.78 Å². The van der Waals surface area contributed by atoms with Gasteiger partial charge in [0.25, 0.3) is 0 Å². The molecule has 0 saturated heterocycles. The van der Waals surface area contributed by atoms with Gasteiger partial charge >= 0.3 is 0 Å². The topological polar surface area (TPSA) is 20.9 Å². The van der Waals surface area contributed by atoms with E-state index in [0.717, 1.165) is 17.5 Å². The van der Waals surface area contributed by atoms with E-state index in [2.05, 4.69) is 36.4 Å². The van der Waals surface area contributed by atoms with E-state index in [-0.39, 0.29) is 5.78 Å². The summed E-state index contributed by atoms with van der Waals surface area (Å²) in [7, 11) is 0. The molecule has 1 aromatic heterocycles. The summed E-state index contributed by atoms with van der Waals surface area (Å²) in [5.74, 6) is 0.143. The zero-order chi connectivity index (χ0) is 16.1. The molecule has 0 aliphatic heterocycles. The highest BCUT2D eigenvalue weighted by Gasteiger charge is 2.13. The first-order valence-electron chi connectivity index (χ1n) is 7.83. The lowest BCUT2D eigenvalue weighted by molar-refractivity contribution is -0.683. The largest absolute Gasteiger partial charge is 0.287 e. The molecule has 0 spiro atoms. The minimum atomic E-state index is 0.143. The summed E-state index contributed by atoms with van der Waals surface area (Å²) in [6.07, 6.45) is 4.87. The molecule has 3 rings (SSSR count). The summed E-state index contributed by atoms with van der Waals surface area (Å²) in [5, 5.41) is 0. The number of rotatable bonds is 5. The van der Waals surface area contributed by atoms with Crippen LogP contribution >= 0.6 is 0 Å². The predicted octanol–water partition coefficient (Wildman–Crippen LogP) is 3.76. The summed E-state index contributed by atoms with van der Waals surface area (Å²) < 4.78 is 1.93. The average molecular weight is 302 g/mol. The Morgan fingerprint density at radius 1 is 0.826 bits per heavy atom. The standard InChI is InChI=1S/C21H20NO/c1-17-7-5-6-10-20(17)21(23)16-22-13-11-19(12-14-22)15-18-8-3-2-4-9-18/h2-14H,15-16H2,1H3/q+1. The molecule has 0 amide bonds. The lowest BCUT2D eigenvalue weighted by atomic mass is 10.0. The molecule has 0 atom stereocenters. The van der Waals surface area contributed by atoms with E-state index in [1.807, 2.05) is 54.2 Å². The third-order valence-corrected chi connectivity index (χ3v) is 3.98. The second-order valence-electron chi connectivity index (χ2n) is 5.78. The molecular weight excluding hydrogens is 282 g/mol. The van der Waals surface area contributed by atoms with Crippen LogP contribution in [0.1, 0.15) is 27.0 Å². The zero-order valence-electron chi connectivity index (χ0n) is 13.3. The van der Waals surface area contributed by atoms with E-state index >= 15 is 0 Å². The van der Waals surface area contributed by atoms with Gasteiger partial charge in [-0.3, -0.25) is 4.79 Å². The molecule has 114 valence electrons. The smallest absolute Gasteiger partial charge is 0.227 e. The Labute approximate surface area is 137 Å². The fraction of sp³-hybridized carbons (Fsp3) is 0.143. The first-order chi connectivity index (χ1) is 11.2. The highest BCUT2D eigenvalue weighted by Crippen LogP contribution is 2.09. The summed E-state index contributed by atoms with van der Waals surface area (Å²) in [6, 6.07) is 22.3. The van der Waals surface area contributed by atoms with Crippen LogP contribution in [-0.2, 0) is 13.0 Å². The molecule has 0 unspecified atom stereocenters. The minimum Gasteiger partial charge on any atom is -0.287 e. The molecule has 0 radical (unpaired) electrons. The summed E-state index contributed by atoms with van der Waals surface area (Å²) in [6.45, 7) is 2.34. The number of ketones is 1. The van der Waals surface area contributed by atoms with Crippen molar-refractivity contribution in [2.24, 2.45) is 0 Å². The average Bonchev–Trinajstić information content (AvgIpc) is 2.58. The van der Waals surface area contributed by atoms with Gasteiger partial charge in [0.2, 0.25) is 12.3 Å². The van der Waals surface area contributed by atoms with Crippen LogP contribution in [0, 0.1) is 6.92 Å². The number of benzene rings is 2. The third-order valence-electron chi connectivity index (χ3n) is 3.98. The number of aryl methyl sites for hydroxylation is 1. The molecule has 2 nitrogen and oxygen atoms in total. The number of hydrogen-bond acceptors (Lipinski definition) is 1. The predicted molar refractivity (Wildman–Crippen MR) is 91.4 cm³/mol. The Morgan fingerprint density at radius 3 is 2.13 bits per heavy atom. The number of Topliss-reactive ketones (excluding diaryl/α,β-unsaturated/α-hetero) is 1. The van der Waals surface area contributed by atoms with Gasteiger partial charge in [0.05, 0.1) is 0 Å². The quantitative estimate of drug-likeness (QED) is 0.519. The summed E-state index contributed by atoms with van der Waals surface area (Å²) >= 11 is 0. The van der Waals surface area contributed by atoms with Crippen LogP contribution in [0.15, 0.2) is 79.1 Å². The first-order valence-corrected chi connectivity index (χ1v) is 7.83. The Kier molecular flexibility index (Phi) is 4.62. The second kappa shape index (κ2) is 7.01. The van der Waals surface area contributed by atoms with Gasteiger partial charge in [-0.2, -0.15) is 4.57 Å². The van der Waals surface area contributed by atoms with Gasteiger partial charge in [0, 0.05) is 17.7 Å². The fourth-order valence-corrected chi connectivity index (χ4v) is 2.68. The van der Waals surface area contributed by atoms with Gasteiger partial charge in [0.1, 0.15) is 0 Å². The lowest BCUT2D eigenvalue weighted by Crippen LogP contribution is -2.37. The van der Waals surface area contributed by atoms with Gasteiger partial charge in [-0.05, 0) is 30.0 Å². The molecule has 0 aliphatic rings. The fourth-order valence-electron chi connectivity index (χ4n) is 2.68. The second-order valence-corrected chi connectivity index (χ2v) is 5.78. The number of hydrogen-bond donors (Lipinski definition) is 0. The number of aromatic nitrogens is 1. The van der Waals surface area contributed by atoms with Crippen LogP contribution in [0.25, 0.3) is 0 Å². The molecule has 23 heavy (non-hydrogen) atoms.